The van der Waals surface area contributed by atoms with Crippen molar-refractivity contribution in [1.82, 2.24) is 9.38 Å². The van der Waals surface area contributed by atoms with Crippen LogP contribution in [0.1, 0.15) is 5.56 Å². The van der Waals surface area contributed by atoms with Crippen LogP contribution in [0.2, 0.25) is 0 Å². The Morgan fingerprint density at radius 1 is 1.00 bits per heavy atom. The van der Waals surface area contributed by atoms with Crippen molar-refractivity contribution in [2.45, 2.75) is 6.18 Å². The monoisotopic (exact) mass is 308 g/mol. The van der Waals surface area contributed by atoms with Gasteiger partial charge in [0.2, 0.25) is 0 Å². The highest BCUT2D eigenvalue weighted by molar-refractivity contribution is 5.65. The van der Waals surface area contributed by atoms with E-state index in [-0.39, 0.29) is 11.2 Å². The van der Waals surface area contributed by atoms with E-state index in [0.29, 0.717) is 10.6 Å². The molecule has 0 fully saturated rings. The van der Waals surface area contributed by atoms with Crippen LogP contribution in [-0.4, -0.2) is 9.38 Å². The van der Waals surface area contributed by atoms with E-state index in [1.807, 2.05) is 0 Å². The van der Waals surface area contributed by atoms with Crippen LogP contribution in [0.15, 0.2) is 53.5 Å². The first-order valence-electron chi connectivity index (χ1n) is 6.22. The Hall–Kier alpha value is -2.70. The van der Waals surface area contributed by atoms with Gasteiger partial charge in [0.05, 0.1) is 5.69 Å². The maximum Gasteiger partial charge on any atom is 0.423 e. The van der Waals surface area contributed by atoms with Crippen molar-refractivity contribution in [3.05, 3.63) is 70.4 Å². The second-order valence-electron chi connectivity index (χ2n) is 4.58. The van der Waals surface area contributed by atoms with Gasteiger partial charge in [-0.2, -0.15) is 13.2 Å². The summed E-state index contributed by atoms with van der Waals surface area (Å²) in [4.78, 5) is 16.0. The number of rotatable bonds is 1. The Morgan fingerprint density at radius 3 is 2.32 bits per heavy atom. The predicted molar refractivity (Wildman–Crippen MR) is 71.9 cm³/mol. The summed E-state index contributed by atoms with van der Waals surface area (Å²) in [5.41, 5.74) is -3.13. The van der Waals surface area contributed by atoms with Gasteiger partial charge in [0.1, 0.15) is 17.0 Å². The molecule has 0 atom stereocenters. The SMILES string of the molecule is O=c1c(C(F)(F)F)c(-c2ccccc2)nc2ccc(F)cn12. The predicted octanol–water partition coefficient (Wildman–Crippen LogP) is 3.52. The average Bonchev–Trinajstić information content (AvgIpc) is 2.47. The lowest BCUT2D eigenvalue weighted by Crippen LogP contribution is -2.27. The molecule has 0 unspecified atom stereocenters. The minimum Gasteiger partial charge on any atom is -0.268 e. The highest BCUT2D eigenvalue weighted by atomic mass is 19.4. The molecule has 3 rings (SSSR count). The average molecular weight is 308 g/mol. The van der Waals surface area contributed by atoms with E-state index in [2.05, 4.69) is 4.98 Å². The van der Waals surface area contributed by atoms with Crippen LogP contribution in [0.5, 0.6) is 0 Å². The molecule has 0 aliphatic carbocycles. The van der Waals surface area contributed by atoms with Gasteiger partial charge in [-0.25, -0.2) is 9.37 Å². The quantitative estimate of drug-likeness (QED) is 0.645. The molecular weight excluding hydrogens is 300 g/mol. The molecule has 0 N–H and O–H groups in total. The van der Waals surface area contributed by atoms with Crippen molar-refractivity contribution < 1.29 is 17.6 Å². The van der Waals surface area contributed by atoms with E-state index in [4.69, 9.17) is 0 Å². The third kappa shape index (κ3) is 2.34. The molecule has 0 amide bonds. The third-order valence-electron chi connectivity index (χ3n) is 3.12. The number of halogens is 4. The molecule has 2 heterocycles. The molecule has 0 saturated heterocycles. The molecular formula is C15H8F4N2O. The summed E-state index contributed by atoms with van der Waals surface area (Å²) in [6.45, 7) is 0. The van der Waals surface area contributed by atoms with Crippen LogP contribution >= 0.6 is 0 Å². The van der Waals surface area contributed by atoms with E-state index in [1.54, 1.807) is 18.2 Å². The Labute approximate surface area is 121 Å². The standard InChI is InChI=1S/C15H8F4N2O/c16-10-6-7-11-20-13(9-4-2-1-3-5-9)12(15(17,18)19)14(22)21(11)8-10/h1-8H. The lowest BCUT2D eigenvalue weighted by atomic mass is 10.1. The molecule has 0 aliphatic heterocycles. The maximum absolute atomic E-state index is 13.3. The van der Waals surface area contributed by atoms with Crippen LogP contribution < -0.4 is 5.56 Å². The normalized spacial score (nSPS) is 11.8. The number of pyridine rings is 1. The smallest absolute Gasteiger partial charge is 0.268 e. The van der Waals surface area contributed by atoms with E-state index in [9.17, 15) is 22.4 Å². The number of fused-ring (bicyclic) bond motifs is 1. The van der Waals surface area contributed by atoms with Gasteiger partial charge in [-0.3, -0.25) is 9.20 Å². The molecule has 3 aromatic rings. The van der Waals surface area contributed by atoms with Gasteiger partial charge >= 0.3 is 6.18 Å². The molecule has 0 saturated carbocycles. The Balaban J connectivity index is 2.46. The number of aromatic nitrogens is 2. The summed E-state index contributed by atoms with van der Waals surface area (Å²) in [7, 11) is 0. The van der Waals surface area contributed by atoms with E-state index < -0.39 is 28.8 Å². The molecule has 0 radical (unpaired) electrons. The molecule has 1 aromatic carbocycles. The summed E-state index contributed by atoms with van der Waals surface area (Å²) in [5, 5.41) is 0. The van der Waals surface area contributed by atoms with Gasteiger partial charge in [-0.05, 0) is 12.1 Å². The fraction of sp³-hybridized carbons (Fsp3) is 0.0667. The first kappa shape index (κ1) is 14.2. The van der Waals surface area contributed by atoms with Crippen molar-refractivity contribution in [1.29, 1.82) is 0 Å². The maximum atomic E-state index is 13.3. The second-order valence-corrected chi connectivity index (χ2v) is 4.58. The Bertz CT molecular complexity index is 901. The van der Waals surface area contributed by atoms with Gasteiger partial charge in [-0.1, -0.05) is 30.3 Å². The topological polar surface area (TPSA) is 34.4 Å². The molecule has 2 aromatic heterocycles. The van der Waals surface area contributed by atoms with Gasteiger partial charge in [0, 0.05) is 11.8 Å². The molecule has 3 nitrogen and oxygen atoms in total. The molecule has 7 heteroatoms. The number of hydrogen-bond acceptors (Lipinski definition) is 2. The molecule has 112 valence electrons. The zero-order valence-electron chi connectivity index (χ0n) is 10.9. The molecule has 22 heavy (non-hydrogen) atoms. The summed E-state index contributed by atoms with van der Waals surface area (Å²) in [6.07, 6.45) is -4.21. The van der Waals surface area contributed by atoms with Gasteiger partial charge in [-0.15, -0.1) is 0 Å². The van der Waals surface area contributed by atoms with E-state index >= 15 is 0 Å². The van der Waals surface area contributed by atoms with Gasteiger partial charge < -0.3 is 0 Å². The van der Waals surface area contributed by atoms with Crippen LogP contribution in [0.3, 0.4) is 0 Å². The third-order valence-corrected chi connectivity index (χ3v) is 3.12. The molecule has 0 spiro atoms. The van der Waals surface area contributed by atoms with Crippen molar-refractivity contribution in [2.24, 2.45) is 0 Å². The molecule has 0 bridgehead atoms. The first-order valence-corrected chi connectivity index (χ1v) is 6.22. The van der Waals surface area contributed by atoms with Crippen LogP contribution in [0.25, 0.3) is 16.9 Å². The highest BCUT2D eigenvalue weighted by Gasteiger charge is 2.38. The van der Waals surface area contributed by atoms with Crippen molar-refractivity contribution in [2.75, 3.05) is 0 Å². The largest absolute Gasteiger partial charge is 0.423 e. The van der Waals surface area contributed by atoms with Crippen molar-refractivity contribution in [3.8, 4) is 11.3 Å². The summed E-state index contributed by atoms with van der Waals surface area (Å²) >= 11 is 0. The number of alkyl halides is 3. The number of hydrogen-bond donors (Lipinski definition) is 0. The zero-order valence-corrected chi connectivity index (χ0v) is 10.9. The Morgan fingerprint density at radius 2 is 1.68 bits per heavy atom. The summed E-state index contributed by atoms with van der Waals surface area (Å²) in [5.74, 6) is -0.822. The van der Waals surface area contributed by atoms with Crippen LogP contribution in [0.4, 0.5) is 17.6 Å². The van der Waals surface area contributed by atoms with Crippen LogP contribution in [0, 0.1) is 5.82 Å². The fourth-order valence-electron chi connectivity index (χ4n) is 2.17. The Kier molecular flexibility index (Phi) is 3.20. The van der Waals surface area contributed by atoms with Gasteiger partial charge in [0.25, 0.3) is 5.56 Å². The van der Waals surface area contributed by atoms with Crippen LogP contribution in [-0.2, 0) is 6.18 Å². The van der Waals surface area contributed by atoms with Crippen molar-refractivity contribution in [3.63, 3.8) is 0 Å². The van der Waals surface area contributed by atoms with Gasteiger partial charge in [0.15, 0.2) is 0 Å². The lowest BCUT2D eigenvalue weighted by molar-refractivity contribution is -0.138. The zero-order chi connectivity index (χ0) is 15.9. The number of nitrogens with zero attached hydrogens (tertiary/aromatic N) is 2. The highest BCUT2D eigenvalue weighted by Crippen LogP contribution is 2.33. The molecule has 0 aliphatic rings. The lowest BCUT2D eigenvalue weighted by Gasteiger charge is -2.13. The summed E-state index contributed by atoms with van der Waals surface area (Å²) < 4.78 is 53.6. The van der Waals surface area contributed by atoms with E-state index in [1.165, 1.54) is 12.1 Å². The summed E-state index contributed by atoms with van der Waals surface area (Å²) in [6, 6.07) is 9.77. The minimum absolute atomic E-state index is 0.0572. The van der Waals surface area contributed by atoms with E-state index in [0.717, 1.165) is 12.1 Å². The second kappa shape index (κ2) is 4.94. The fourth-order valence-corrected chi connectivity index (χ4v) is 2.17. The van der Waals surface area contributed by atoms with Crippen molar-refractivity contribution >= 4 is 5.65 Å². The minimum atomic E-state index is -4.90. The first-order chi connectivity index (χ1) is 10.4. The number of benzene rings is 1.